The Morgan fingerprint density at radius 2 is 1.49 bits per heavy atom. The number of nitro groups is 1. The fraction of sp³-hybridized carbons (Fsp3) is 0.850. The monoisotopic (exact) mass is 1280 g/mol. The van der Waals surface area contributed by atoms with E-state index in [9.17, 15) is 58.1 Å². The molecular weight excluding hydrogens is 1180 g/mol. The smallest absolute Gasteiger partial charge is 0.433 e. The zero-order valence-electron chi connectivity index (χ0n) is 54.4. The minimum atomic E-state index is -4.23. The second-order valence-electron chi connectivity index (χ2n) is 24.6. The van der Waals surface area contributed by atoms with Crippen molar-refractivity contribution in [2.45, 2.75) is 264 Å². The molecule has 4 saturated heterocycles. The first kappa shape index (κ1) is 77.9. The van der Waals surface area contributed by atoms with E-state index < -0.39 is 135 Å². The fourth-order valence-corrected chi connectivity index (χ4v) is 12.0. The van der Waals surface area contributed by atoms with Gasteiger partial charge in [-0.05, 0) is 87.4 Å². The molecule has 0 saturated carbocycles. The van der Waals surface area contributed by atoms with E-state index in [0.29, 0.717) is 19.4 Å². The van der Waals surface area contributed by atoms with Gasteiger partial charge in [-0.2, -0.15) is 18.5 Å². The molecule has 4 fully saturated rings. The number of cyclic esters (lactones) is 2. The number of hydrogen-bond acceptors (Lipinski definition) is 24. The average molecular weight is 1280 g/mol. The van der Waals surface area contributed by atoms with Crippen LogP contribution in [0.1, 0.15) is 185 Å². The van der Waals surface area contributed by atoms with Crippen LogP contribution in [0.2, 0.25) is 0 Å². The third-order valence-corrected chi connectivity index (χ3v) is 17.4. The maximum Gasteiger partial charge on any atom is 0.433 e. The van der Waals surface area contributed by atoms with Crippen LogP contribution >= 0.6 is 0 Å². The Labute approximate surface area is 519 Å². The molecule has 27 nitrogen and oxygen atoms in total. The van der Waals surface area contributed by atoms with E-state index in [1.165, 1.54) is 91.2 Å². The topological polar surface area (TPSA) is 362 Å². The molecule has 508 valence electrons. The number of nitrogens with zero attached hydrogens (tertiary/aromatic N) is 4. The van der Waals surface area contributed by atoms with E-state index in [0.717, 1.165) is 17.9 Å². The lowest BCUT2D eigenvalue weighted by atomic mass is 9.74. The van der Waals surface area contributed by atoms with Gasteiger partial charge in [0.2, 0.25) is 0 Å². The number of likely N-dealkylation sites (N-methyl/N-ethyl adjacent to an activating group) is 1. The summed E-state index contributed by atoms with van der Waals surface area (Å²) in [6.45, 7) is 21.0. The first-order chi connectivity index (χ1) is 41.1. The van der Waals surface area contributed by atoms with Crippen molar-refractivity contribution in [2.75, 3.05) is 41.0 Å². The Balaban J connectivity index is 0.000000492. The zero-order chi connectivity index (χ0) is 66.5. The lowest BCUT2D eigenvalue weighted by Crippen LogP contribution is -2.61. The fourth-order valence-electron chi connectivity index (χ4n) is 11.6. The van der Waals surface area contributed by atoms with Crippen molar-refractivity contribution in [1.82, 2.24) is 9.91 Å². The number of amides is 1. The van der Waals surface area contributed by atoms with Crippen molar-refractivity contribution in [3.63, 3.8) is 0 Å². The van der Waals surface area contributed by atoms with Gasteiger partial charge in [0.05, 0.1) is 79.1 Å². The summed E-state index contributed by atoms with van der Waals surface area (Å²) in [4.78, 5) is 63.5. The molecule has 4 aliphatic heterocycles. The molecule has 28 heteroatoms. The maximum atomic E-state index is 14.2. The van der Waals surface area contributed by atoms with Gasteiger partial charge in [-0.3, -0.25) is 29.1 Å². The molecule has 18 atom stereocenters. The van der Waals surface area contributed by atoms with Gasteiger partial charge in [-0.25, -0.2) is 8.98 Å². The summed E-state index contributed by atoms with van der Waals surface area (Å²) in [6, 6.07) is 2.29. The van der Waals surface area contributed by atoms with Crippen LogP contribution in [-0.4, -0.2) is 203 Å². The number of aliphatic hydroxyl groups excluding tert-OH is 2. The van der Waals surface area contributed by atoms with E-state index in [4.69, 9.17) is 42.1 Å². The van der Waals surface area contributed by atoms with Gasteiger partial charge in [0.25, 0.3) is 0 Å². The molecule has 0 aliphatic carbocycles. The standard InChI is InChI=1S/C40H71NO14.C12H26O4S.C8H7N3O5/c1-15-27-40(11,48)33(44)22(5)30(43)20(3)18-38(9,47)35(55-37-32(53-28(42)16-2)26(41(12)13)17-21(4)50-37)23(6)31(24(7)36(46)52-27)54-29-19-39(10,49-14)34(45)25(8)51-29;1-2-3-4-5-6-7-8-9-10-11-12-16-17(13,14)15;12-8-10(3-4-15-8)9-5-6-1-2-7(16-6)11(13)14/h20-27,29,31-35,37,44-45,47-48H,15-19H2,1-14H3;2-12H2,1H3,(H,13,14,15);1-2,5H,3-4H2. The van der Waals surface area contributed by atoms with Crippen molar-refractivity contribution in [3.8, 4) is 0 Å². The molecular formula is C60H104N4O23S. The van der Waals surface area contributed by atoms with Crippen molar-refractivity contribution >= 4 is 46.3 Å². The number of ketones is 1. The van der Waals surface area contributed by atoms with Crippen LogP contribution in [0.5, 0.6) is 0 Å². The summed E-state index contributed by atoms with van der Waals surface area (Å²) in [7, 11) is 0.973. The molecule has 5 heterocycles. The number of rotatable bonds is 24. The highest BCUT2D eigenvalue weighted by Gasteiger charge is 2.54. The van der Waals surface area contributed by atoms with Crippen molar-refractivity contribution < 1.29 is 104 Å². The molecule has 1 aromatic heterocycles. The largest absolute Gasteiger partial charge is 0.459 e. The van der Waals surface area contributed by atoms with E-state index in [1.54, 1.807) is 48.5 Å². The van der Waals surface area contributed by atoms with Gasteiger partial charge >= 0.3 is 34.3 Å². The minimum Gasteiger partial charge on any atom is -0.459 e. The summed E-state index contributed by atoms with van der Waals surface area (Å²) in [5.74, 6) is -5.76. The van der Waals surface area contributed by atoms with Crippen LogP contribution in [0.3, 0.4) is 0 Å². The Kier molecular flexibility index (Phi) is 32.0. The molecule has 0 bridgehead atoms. The molecule has 5 rings (SSSR count). The molecule has 1 aromatic rings. The van der Waals surface area contributed by atoms with Crippen molar-refractivity contribution in [3.05, 3.63) is 28.0 Å². The average Bonchev–Trinajstić information content (AvgIpc) is 1.05. The number of unbranched alkanes of at least 4 members (excludes halogenated alkanes) is 9. The number of furan rings is 1. The maximum absolute atomic E-state index is 14.2. The first-order valence-electron chi connectivity index (χ1n) is 31.0. The predicted octanol–water partition coefficient (Wildman–Crippen LogP) is 7.45. The van der Waals surface area contributed by atoms with Crippen LogP contribution in [0.15, 0.2) is 21.7 Å². The Bertz CT molecular complexity index is 2460. The Hall–Kier alpha value is -4.30. The van der Waals surface area contributed by atoms with E-state index >= 15 is 0 Å². The summed E-state index contributed by atoms with van der Waals surface area (Å²) >= 11 is 0. The second-order valence-corrected chi connectivity index (χ2v) is 25.7. The number of esters is 2. The van der Waals surface area contributed by atoms with Crippen LogP contribution in [0, 0.1) is 33.8 Å². The van der Waals surface area contributed by atoms with Crippen LogP contribution in [0.25, 0.3) is 0 Å². The van der Waals surface area contributed by atoms with Gasteiger partial charge in [0.1, 0.15) is 35.1 Å². The van der Waals surface area contributed by atoms with Crippen molar-refractivity contribution in [1.29, 1.82) is 0 Å². The number of aliphatic hydroxyl groups is 4. The second kappa shape index (κ2) is 36.1. The molecule has 5 N–H and O–H groups in total. The number of ether oxygens (including phenoxy) is 8. The van der Waals surface area contributed by atoms with Gasteiger partial charge in [-0.1, -0.05) is 99.3 Å². The van der Waals surface area contributed by atoms with Crippen LogP contribution in [0.4, 0.5) is 10.7 Å². The highest BCUT2D eigenvalue weighted by molar-refractivity contribution is 7.80. The van der Waals surface area contributed by atoms with Gasteiger partial charge in [0.15, 0.2) is 24.4 Å². The number of carbonyl (C=O) groups excluding carboxylic acids is 4. The Morgan fingerprint density at radius 1 is 0.875 bits per heavy atom. The highest BCUT2D eigenvalue weighted by atomic mass is 32.3. The van der Waals surface area contributed by atoms with E-state index in [2.05, 4.69) is 20.9 Å². The number of Topliss-reactive ketones (excluding diaryl/α,β-unsaturated/α-hetero) is 1. The lowest BCUT2D eigenvalue weighted by Gasteiger charge is -2.49. The van der Waals surface area contributed by atoms with E-state index in [-0.39, 0.29) is 62.7 Å². The number of carbonyl (C=O) groups is 4. The quantitative estimate of drug-likeness (QED) is 0.0128. The molecule has 0 spiro atoms. The Morgan fingerprint density at radius 3 is 2.01 bits per heavy atom. The normalized spacial score (nSPS) is 34.4. The van der Waals surface area contributed by atoms with Crippen LogP contribution in [-0.2, 0) is 66.9 Å². The van der Waals surface area contributed by atoms with Gasteiger partial charge < -0.3 is 67.6 Å². The third kappa shape index (κ3) is 23.4. The zero-order valence-corrected chi connectivity index (χ0v) is 55.2. The molecule has 18 unspecified atom stereocenters. The van der Waals surface area contributed by atoms with E-state index in [1.807, 2.05) is 25.9 Å². The highest BCUT2D eigenvalue weighted by Crippen LogP contribution is 2.41. The molecule has 0 radical (unpaired) electrons. The summed E-state index contributed by atoms with van der Waals surface area (Å²) in [5.41, 5.74) is -4.92. The minimum absolute atomic E-state index is 0.0760. The summed E-state index contributed by atoms with van der Waals surface area (Å²) in [6.07, 6.45) is 2.85. The number of hydrazone groups is 1. The predicted molar refractivity (Wildman–Crippen MR) is 321 cm³/mol. The lowest BCUT2D eigenvalue weighted by molar-refractivity contribution is -0.402. The summed E-state index contributed by atoms with van der Waals surface area (Å²) in [5, 5.41) is 61.7. The number of methoxy groups -OCH3 is 1. The van der Waals surface area contributed by atoms with Gasteiger partial charge in [0, 0.05) is 37.7 Å². The molecule has 4 aliphatic rings. The van der Waals surface area contributed by atoms with Crippen LogP contribution < -0.4 is 0 Å². The molecule has 88 heavy (non-hydrogen) atoms. The number of hydrogen-bond donors (Lipinski definition) is 5. The first-order valence-corrected chi connectivity index (χ1v) is 32.4. The third-order valence-electron chi connectivity index (χ3n) is 16.9. The van der Waals surface area contributed by atoms with Crippen molar-refractivity contribution in [2.24, 2.45) is 28.8 Å². The molecule has 1 amide bonds. The van der Waals surface area contributed by atoms with Gasteiger partial charge in [-0.15, -0.1) is 0 Å². The SMILES string of the molecule is CCC(=O)OC1C(OC2C(C)C(OC3CC(C)(OC)C(O)C(C)O3)C(C)C(=O)OC(CC)C(C)(O)C(O)C(C)C(=O)C(C)CC2(C)O)OC(C)CC1N(C)C.CCCCCCCCCCCCOS(=O)(=O)O.O=C1OCCN1N=Cc1ccc([N+](=O)[O-])o1. The molecule has 0 aromatic carbocycles. The summed E-state index contributed by atoms with van der Waals surface area (Å²) < 4.78 is 86.0.